The monoisotopic (exact) mass is 251 g/mol. The zero-order chi connectivity index (χ0) is 13.0. The zero-order valence-corrected chi connectivity index (χ0v) is 9.93. The number of nitrogens with one attached hydrogen (secondary N) is 1. The van der Waals surface area contributed by atoms with Crippen molar-refractivity contribution in [1.82, 2.24) is 14.8 Å². The standard InChI is InChI=1S/C11H14FN5O/c1-18-7-6-14-11-15-10(13)17(16-11)9-5-3-2-4-8(9)12/h2-5H,6-7H2,1H3,(H3,13,14,15,16). The molecule has 6 nitrogen and oxygen atoms in total. The second-order valence-corrected chi connectivity index (χ2v) is 3.58. The Labute approximate surface area is 104 Å². The Morgan fingerprint density at radius 2 is 2.22 bits per heavy atom. The van der Waals surface area contributed by atoms with E-state index in [1.807, 2.05) is 0 Å². The lowest BCUT2D eigenvalue weighted by Crippen LogP contribution is -2.09. The number of nitrogens with two attached hydrogens (primary N) is 1. The summed E-state index contributed by atoms with van der Waals surface area (Å²) in [4.78, 5) is 4.00. The molecule has 7 heteroatoms. The van der Waals surface area contributed by atoms with Crippen LogP contribution in [-0.4, -0.2) is 35.0 Å². The molecule has 2 aromatic rings. The van der Waals surface area contributed by atoms with Crippen molar-refractivity contribution < 1.29 is 9.13 Å². The summed E-state index contributed by atoms with van der Waals surface area (Å²) in [6.07, 6.45) is 0. The summed E-state index contributed by atoms with van der Waals surface area (Å²) in [5, 5.41) is 7.01. The average Bonchev–Trinajstić information content (AvgIpc) is 2.71. The van der Waals surface area contributed by atoms with E-state index in [9.17, 15) is 4.39 Å². The van der Waals surface area contributed by atoms with Crippen LogP contribution >= 0.6 is 0 Å². The number of aromatic nitrogens is 3. The number of para-hydroxylation sites is 1. The fraction of sp³-hybridized carbons (Fsp3) is 0.273. The Hall–Kier alpha value is -2.15. The van der Waals surface area contributed by atoms with Gasteiger partial charge < -0.3 is 15.8 Å². The highest BCUT2D eigenvalue weighted by Crippen LogP contribution is 2.16. The summed E-state index contributed by atoms with van der Waals surface area (Å²) < 4.78 is 19.7. The molecule has 1 aromatic heterocycles. The molecule has 0 radical (unpaired) electrons. The van der Waals surface area contributed by atoms with Gasteiger partial charge in [0.05, 0.1) is 6.61 Å². The number of halogens is 1. The van der Waals surface area contributed by atoms with Crippen molar-refractivity contribution in [2.24, 2.45) is 0 Å². The maximum Gasteiger partial charge on any atom is 0.244 e. The molecule has 3 N–H and O–H groups in total. The molecule has 0 saturated heterocycles. The first-order valence-electron chi connectivity index (χ1n) is 5.42. The van der Waals surface area contributed by atoms with E-state index in [1.54, 1.807) is 25.3 Å². The van der Waals surface area contributed by atoms with Gasteiger partial charge in [0.2, 0.25) is 11.9 Å². The number of nitrogen functional groups attached to an aromatic ring is 1. The summed E-state index contributed by atoms with van der Waals surface area (Å²) in [5.41, 5.74) is 5.96. The lowest BCUT2D eigenvalue weighted by atomic mass is 10.3. The van der Waals surface area contributed by atoms with Crippen LogP contribution in [0.4, 0.5) is 16.3 Å². The van der Waals surface area contributed by atoms with Gasteiger partial charge in [0.25, 0.3) is 0 Å². The molecule has 0 spiro atoms. The average molecular weight is 251 g/mol. The van der Waals surface area contributed by atoms with Crippen molar-refractivity contribution in [1.29, 1.82) is 0 Å². The molecule has 1 aromatic carbocycles. The fourth-order valence-electron chi connectivity index (χ4n) is 1.46. The molecule has 18 heavy (non-hydrogen) atoms. The van der Waals surface area contributed by atoms with E-state index in [1.165, 1.54) is 10.7 Å². The van der Waals surface area contributed by atoms with E-state index >= 15 is 0 Å². The molecular formula is C11H14FN5O. The van der Waals surface area contributed by atoms with Gasteiger partial charge in [-0.15, -0.1) is 5.10 Å². The maximum absolute atomic E-state index is 13.6. The predicted molar refractivity (Wildman–Crippen MR) is 66.1 cm³/mol. The number of ether oxygens (including phenoxy) is 1. The second kappa shape index (κ2) is 5.46. The van der Waals surface area contributed by atoms with Crippen molar-refractivity contribution in [2.45, 2.75) is 0 Å². The highest BCUT2D eigenvalue weighted by molar-refractivity contribution is 5.42. The van der Waals surface area contributed by atoms with Crippen LogP contribution in [0.1, 0.15) is 0 Å². The lowest BCUT2D eigenvalue weighted by molar-refractivity contribution is 0.210. The molecule has 0 amide bonds. The van der Waals surface area contributed by atoms with Crippen LogP contribution in [-0.2, 0) is 4.74 Å². The fourth-order valence-corrected chi connectivity index (χ4v) is 1.46. The lowest BCUT2D eigenvalue weighted by Gasteiger charge is -2.03. The molecular weight excluding hydrogens is 237 g/mol. The highest BCUT2D eigenvalue weighted by Gasteiger charge is 2.11. The molecule has 1 heterocycles. The van der Waals surface area contributed by atoms with Gasteiger partial charge >= 0.3 is 0 Å². The zero-order valence-electron chi connectivity index (χ0n) is 9.93. The topological polar surface area (TPSA) is 78.0 Å². The number of hydrogen-bond acceptors (Lipinski definition) is 5. The molecule has 0 unspecified atom stereocenters. The first-order chi connectivity index (χ1) is 8.72. The highest BCUT2D eigenvalue weighted by atomic mass is 19.1. The van der Waals surface area contributed by atoms with E-state index in [-0.39, 0.29) is 11.6 Å². The number of hydrogen-bond donors (Lipinski definition) is 2. The minimum atomic E-state index is -0.405. The van der Waals surface area contributed by atoms with Crippen LogP contribution in [0, 0.1) is 5.82 Å². The Kier molecular flexibility index (Phi) is 3.73. The molecule has 0 aliphatic heterocycles. The van der Waals surface area contributed by atoms with Gasteiger partial charge in [-0.05, 0) is 12.1 Å². The summed E-state index contributed by atoms with van der Waals surface area (Å²) >= 11 is 0. The number of nitrogens with zero attached hydrogens (tertiary/aromatic N) is 3. The van der Waals surface area contributed by atoms with Gasteiger partial charge in [-0.1, -0.05) is 12.1 Å². The maximum atomic E-state index is 13.6. The van der Waals surface area contributed by atoms with E-state index in [0.717, 1.165) is 0 Å². The summed E-state index contributed by atoms with van der Waals surface area (Å²) in [5.74, 6) is 0.0605. The largest absolute Gasteiger partial charge is 0.383 e. The van der Waals surface area contributed by atoms with Crippen molar-refractivity contribution in [3.8, 4) is 5.69 Å². The molecule has 2 rings (SSSR count). The quantitative estimate of drug-likeness (QED) is 0.776. The first kappa shape index (κ1) is 12.3. The molecule has 0 saturated carbocycles. The summed E-state index contributed by atoms with van der Waals surface area (Å²) in [6, 6.07) is 6.23. The smallest absolute Gasteiger partial charge is 0.244 e. The normalized spacial score (nSPS) is 10.6. The number of methoxy groups -OCH3 is 1. The number of rotatable bonds is 5. The Balaban J connectivity index is 2.22. The van der Waals surface area contributed by atoms with Crippen LogP contribution in [0.15, 0.2) is 24.3 Å². The molecule has 0 atom stereocenters. The minimum absolute atomic E-state index is 0.125. The minimum Gasteiger partial charge on any atom is -0.383 e. The van der Waals surface area contributed by atoms with Crippen LogP contribution < -0.4 is 11.1 Å². The number of benzene rings is 1. The van der Waals surface area contributed by atoms with Gasteiger partial charge in [0.15, 0.2) is 0 Å². The van der Waals surface area contributed by atoms with Crippen molar-refractivity contribution in [3.63, 3.8) is 0 Å². The molecule has 0 aliphatic rings. The Morgan fingerprint density at radius 3 is 2.94 bits per heavy atom. The van der Waals surface area contributed by atoms with Gasteiger partial charge in [-0.3, -0.25) is 0 Å². The van der Waals surface area contributed by atoms with Crippen LogP contribution in [0.25, 0.3) is 5.69 Å². The third kappa shape index (κ3) is 2.57. The van der Waals surface area contributed by atoms with Gasteiger partial charge in [0, 0.05) is 13.7 Å². The Morgan fingerprint density at radius 1 is 1.44 bits per heavy atom. The number of anilines is 2. The van der Waals surface area contributed by atoms with Gasteiger partial charge in [-0.25, -0.2) is 4.39 Å². The molecule has 0 bridgehead atoms. The van der Waals surface area contributed by atoms with Crippen LogP contribution in [0.5, 0.6) is 0 Å². The van der Waals surface area contributed by atoms with E-state index in [2.05, 4.69) is 15.4 Å². The van der Waals surface area contributed by atoms with Crippen LogP contribution in [0.3, 0.4) is 0 Å². The molecule has 0 fully saturated rings. The summed E-state index contributed by atoms with van der Waals surface area (Å²) in [6.45, 7) is 1.07. The van der Waals surface area contributed by atoms with Crippen molar-refractivity contribution >= 4 is 11.9 Å². The summed E-state index contributed by atoms with van der Waals surface area (Å²) in [7, 11) is 1.60. The van der Waals surface area contributed by atoms with Crippen molar-refractivity contribution in [2.75, 3.05) is 31.3 Å². The molecule has 0 aliphatic carbocycles. The second-order valence-electron chi connectivity index (χ2n) is 3.58. The van der Waals surface area contributed by atoms with E-state index < -0.39 is 5.82 Å². The molecule has 96 valence electrons. The van der Waals surface area contributed by atoms with E-state index in [0.29, 0.717) is 19.1 Å². The predicted octanol–water partition coefficient (Wildman–Crippen LogP) is 1.05. The van der Waals surface area contributed by atoms with Crippen molar-refractivity contribution in [3.05, 3.63) is 30.1 Å². The SMILES string of the molecule is COCCNc1nc(N)n(-c2ccccc2F)n1. The van der Waals surface area contributed by atoms with Crippen LogP contribution in [0.2, 0.25) is 0 Å². The third-order valence-electron chi connectivity index (χ3n) is 2.30. The van der Waals surface area contributed by atoms with Gasteiger partial charge in [0.1, 0.15) is 11.5 Å². The Bertz CT molecular complexity index is 528. The third-order valence-corrected chi connectivity index (χ3v) is 2.30. The van der Waals surface area contributed by atoms with Gasteiger partial charge in [-0.2, -0.15) is 9.67 Å². The first-order valence-corrected chi connectivity index (χ1v) is 5.42. The van der Waals surface area contributed by atoms with E-state index in [4.69, 9.17) is 10.5 Å².